The Morgan fingerprint density at radius 3 is 2.48 bits per heavy atom. The van der Waals surface area contributed by atoms with Gasteiger partial charge in [-0.1, -0.05) is 6.42 Å². The molecule has 2 amide bonds. The van der Waals surface area contributed by atoms with Gasteiger partial charge in [-0.25, -0.2) is 0 Å². The first kappa shape index (κ1) is 18.4. The maximum Gasteiger partial charge on any atom is 0.253 e. The molecule has 3 aliphatic rings. The van der Waals surface area contributed by atoms with Crippen LogP contribution in [0.1, 0.15) is 55.3 Å². The Morgan fingerprint density at radius 1 is 1.07 bits per heavy atom. The number of pyridine rings is 1. The molecule has 6 heteroatoms. The fourth-order valence-electron chi connectivity index (χ4n) is 5.36. The van der Waals surface area contributed by atoms with E-state index in [1.165, 1.54) is 19.3 Å². The van der Waals surface area contributed by atoms with Crippen LogP contribution in [0, 0.1) is 17.8 Å². The molecule has 2 saturated carbocycles. The molecule has 27 heavy (non-hydrogen) atoms. The van der Waals surface area contributed by atoms with Crippen LogP contribution in [0.4, 0.5) is 0 Å². The van der Waals surface area contributed by atoms with Crippen molar-refractivity contribution in [2.45, 2.75) is 57.0 Å². The first-order valence-electron chi connectivity index (χ1n) is 10.4. The van der Waals surface area contributed by atoms with Crippen LogP contribution in [0.2, 0.25) is 0 Å². The number of likely N-dealkylation sites (tertiary alicyclic amines) is 1. The first-order chi connectivity index (χ1) is 13.1. The molecule has 3 atom stereocenters. The second-order valence-corrected chi connectivity index (χ2v) is 8.54. The number of hydrogen-bond acceptors (Lipinski definition) is 4. The third-order valence-corrected chi connectivity index (χ3v) is 6.69. The zero-order valence-corrected chi connectivity index (χ0v) is 15.8. The molecule has 3 N–H and O–H groups in total. The maximum absolute atomic E-state index is 13.0. The molecule has 1 aromatic rings. The van der Waals surface area contributed by atoms with Crippen LogP contribution in [-0.4, -0.2) is 46.9 Å². The van der Waals surface area contributed by atoms with Crippen molar-refractivity contribution < 1.29 is 9.59 Å². The van der Waals surface area contributed by atoms with E-state index in [0.29, 0.717) is 30.5 Å². The predicted octanol–water partition coefficient (Wildman–Crippen LogP) is 1.96. The Balaban J connectivity index is 1.38. The van der Waals surface area contributed by atoms with Gasteiger partial charge in [0, 0.05) is 43.1 Å². The normalized spacial score (nSPS) is 33.4. The summed E-state index contributed by atoms with van der Waals surface area (Å²) in [6.45, 7) is 1.23. The Labute approximate surface area is 160 Å². The summed E-state index contributed by atoms with van der Waals surface area (Å²) in [4.78, 5) is 31.5. The number of carbonyl (C=O) groups is 2. The predicted molar refractivity (Wildman–Crippen MR) is 103 cm³/mol. The van der Waals surface area contributed by atoms with Gasteiger partial charge >= 0.3 is 0 Å². The van der Waals surface area contributed by atoms with Gasteiger partial charge in [0.25, 0.3) is 5.91 Å². The Hall–Kier alpha value is -1.95. The van der Waals surface area contributed by atoms with Crippen molar-refractivity contribution in [1.29, 1.82) is 0 Å². The number of aromatic nitrogens is 1. The Kier molecular flexibility index (Phi) is 5.43. The monoisotopic (exact) mass is 370 g/mol. The lowest BCUT2D eigenvalue weighted by Crippen LogP contribution is -2.56. The summed E-state index contributed by atoms with van der Waals surface area (Å²) in [5, 5.41) is 3.37. The SMILES string of the molecule is NC1CC2CCCC(C1)C2NC(=O)C1CCCN(C(=O)c2ccncc2)C1. The van der Waals surface area contributed by atoms with Gasteiger partial charge in [0.2, 0.25) is 5.91 Å². The number of carbonyl (C=O) groups excluding carboxylic acids is 2. The molecule has 4 rings (SSSR count). The van der Waals surface area contributed by atoms with Gasteiger partial charge in [0.1, 0.15) is 0 Å². The topological polar surface area (TPSA) is 88.3 Å². The fourth-order valence-corrected chi connectivity index (χ4v) is 5.36. The average Bonchev–Trinajstić information content (AvgIpc) is 2.69. The lowest BCUT2D eigenvalue weighted by atomic mass is 9.67. The van der Waals surface area contributed by atoms with Crippen molar-refractivity contribution in [2.24, 2.45) is 23.5 Å². The molecule has 2 heterocycles. The molecule has 2 aliphatic carbocycles. The highest BCUT2D eigenvalue weighted by molar-refractivity contribution is 5.94. The number of piperidine rings is 1. The van der Waals surface area contributed by atoms with Crippen LogP contribution in [-0.2, 0) is 4.79 Å². The number of hydrogen-bond donors (Lipinski definition) is 2. The molecule has 0 aromatic carbocycles. The fraction of sp³-hybridized carbons (Fsp3) is 0.667. The molecule has 0 spiro atoms. The van der Waals surface area contributed by atoms with Gasteiger partial charge < -0.3 is 16.0 Å². The lowest BCUT2D eigenvalue weighted by molar-refractivity contribution is -0.128. The number of nitrogens with zero attached hydrogens (tertiary/aromatic N) is 2. The summed E-state index contributed by atoms with van der Waals surface area (Å²) in [5.74, 6) is 1.06. The van der Waals surface area contributed by atoms with Crippen molar-refractivity contribution >= 4 is 11.8 Å². The molecule has 0 radical (unpaired) electrons. The maximum atomic E-state index is 13.0. The Morgan fingerprint density at radius 2 is 1.78 bits per heavy atom. The highest BCUT2D eigenvalue weighted by atomic mass is 16.2. The minimum absolute atomic E-state index is 0.00425. The molecule has 6 nitrogen and oxygen atoms in total. The van der Waals surface area contributed by atoms with E-state index in [1.807, 2.05) is 4.90 Å². The first-order valence-corrected chi connectivity index (χ1v) is 10.4. The summed E-state index contributed by atoms with van der Waals surface area (Å²) in [6, 6.07) is 4.03. The zero-order chi connectivity index (χ0) is 18.8. The van der Waals surface area contributed by atoms with E-state index in [2.05, 4.69) is 10.3 Å². The van der Waals surface area contributed by atoms with Crippen LogP contribution >= 0.6 is 0 Å². The molecule has 1 saturated heterocycles. The van der Waals surface area contributed by atoms with Crippen molar-refractivity contribution in [1.82, 2.24) is 15.2 Å². The van der Waals surface area contributed by atoms with E-state index in [9.17, 15) is 9.59 Å². The van der Waals surface area contributed by atoms with Crippen molar-refractivity contribution in [3.8, 4) is 0 Å². The van der Waals surface area contributed by atoms with Crippen LogP contribution < -0.4 is 11.1 Å². The van der Waals surface area contributed by atoms with Gasteiger partial charge in [-0.05, 0) is 62.5 Å². The molecule has 3 unspecified atom stereocenters. The van der Waals surface area contributed by atoms with Crippen LogP contribution in [0.15, 0.2) is 24.5 Å². The van der Waals surface area contributed by atoms with Gasteiger partial charge in [-0.2, -0.15) is 0 Å². The second kappa shape index (κ2) is 7.97. The number of fused-ring (bicyclic) bond motifs is 2. The Bertz CT molecular complexity index is 666. The highest BCUT2D eigenvalue weighted by Gasteiger charge is 2.41. The van der Waals surface area contributed by atoms with Gasteiger partial charge in [0.05, 0.1) is 5.92 Å². The van der Waals surface area contributed by atoms with Crippen molar-refractivity contribution in [3.05, 3.63) is 30.1 Å². The minimum atomic E-state index is -0.110. The number of nitrogens with two attached hydrogens (primary N) is 1. The smallest absolute Gasteiger partial charge is 0.253 e. The van der Waals surface area contributed by atoms with E-state index in [-0.39, 0.29) is 29.8 Å². The molecular weight excluding hydrogens is 340 g/mol. The third-order valence-electron chi connectivity index (χ3n) is 6.69. The van der Waals surface area contributed by atoms with E-state index in [0.717, 1.165) is 25.7 Å². The van der Waals surface area contributed by atoms with Gasteiger partial charge in [-0.3, -0.25) is 14.6 Å². The molecule has 1 aromatic heterocycles. The zero-order valence-electron chi connectivity index (χ0n) is 15.8. The van der Waals surface area contributed by atoms with E-state index < -0.39 is 0 Å². The summed E-state index contributed by atoms with van der Waals surface area (Å²) < 4.78 is 0. The molecule has 2 bridgehead atoms. The number of rotatable bonds is 3. The summed E-state index contributed by atoms with van der Waals surface area (Å²) in [5.41, 5.74) is 6.85. The third kappa shape index (κ3) is 4.00. The quantitative estimate of drug-likeness (QED) is 0.851. The average molecular weight is 370 g/mol. The van der Waals surface area contributed by atoms with Crippen LogP contribution in [0.25, 0.3) is 0 Å². The summed E-state index contributed by atoms with van der Waals surface area (Å²) >= 11 is 0. The van der Waals surface area contributed by atoms with Crippen LogP contribution in [0.3, 0.4) is 0 Å². The van der Waals surface area contributed by atoms with E-state index in [1.54, 1.807) is 24.5 Å². The standard InChI is InChI=1S/C21H30N4O2/c22-18-11-15-3-1-4-16(12-18)19(15)24-20(26)17-5-2-10-25(13-17)21(27)14-6-8-23-9-7-14/h6-9,15-19H,1-5,10-13,22H2,(H,24,26). The highest BCUT2D eigenvalue weighted by Crippen LogP contribution is 2.39. The van der Waals surface area contributed by atoms with E-state index in [4.69, 9.17) is 5.73 Å². The summed E-state index contributed by atoms with van der Waals surface area (Å²) in [6.07, 6.45) is 10.6. The molecule has 1 aliphatic heterocycles. The number of nitrogens with one attached hydrogen (secondary N) is 1. The van der Waals surface area contributed by atoms with Gasteiger partial charge in [-0.15, -0.1) is 0 Å². The lowest BCUT2D eigenvalue weighted by Gasteiger charge is -2.46. The molecule has 146 valence electrons. The van der Waals surface area contributed by atoms with Crippen molar-refractivity contribution in [3.63, 3.8) is 0 Å². The molecule has 3 fully saturated rings. The van der Waals surface area contributed by atoms with Crippen LogP contribution in [0.5, 0.6) is 0 Å². The van der Waals surface area contributed by atoms with E-state index >= 15 is 0 Å². The largest absolute Gasteiger partial charge is 0.353 e. The van der Waals surface area contributed by atoms with Gasteiger partial charge in [0.15, 0.2) is 0 Å². The molecular formula is C21H30N4O2. The number of amides is 2. The summed E-state index contributed by atoms with van der Waals surface area (Å²) in [7, 11) is 0. The second-order valence-electron chi connectivity index (χ2n) is 8.54. The van der Waals surface area contributed by atoms with Crippen molar-refractivity contribution in [2.75, 3.05) is 13.1 Å². The minimum Gasteiger partial charge on any atom is -0.353 e.